The first-order valence-corrected chi connectivity index (χ1v) is 5.54. The molecule has 0 amide bonds. The predicted molar refractivity (Wildman–Crippen MR) is 67.1 cm³/mol. The number of oxime groups is 1. The minimum atomic E-state index is 0.00625. The van der Waals surface area contributed by atoms with Crippen molar-refractivity contribution in [1.82, 2.24) is 0 Å². The number of nitrogens with zero attached hydrogens (tertiary/aromatic N) is 2. The van der Waals surface area contributed by atoms with Gasteiger partial charge in [0, 0.05) is 6.42 Å². The van der Waals surface area contributed by atoms with Crippen LogP contribution < -0.4 is 0 Å². The van der Waals surface area contributed by atoms with Crippen LogP contribution in [-0.4, -0.2) is 23.5 Å². The molecular formula is C12H12N2OS. The van der Waals surface area contributed by atoms with Gasteiger partial charge in [-0.05, 0) is 24.7 Å². The topological polar surface area (TPSA) is 34.0 Å². The molecule has 0 spiro atoms. The molecule has 0 fully saturated rings. The van der Waals surface area contributed by atoms with Crippen molar-refractivity contribution >= 4 is 23.1 Å². The van der Waals surface area contributed by atoms with Gasteiger partial charge in [0.25, 0.3) is 0 Å². The first kappa shape index (κ1) is 11.0. The third-order valence-corrected chi connectivity index (χ3v) is 2.61. The van der Waals surface area contributed by atoms with Crippen molar-refractivity contribution < 1.29 is 4.84 Å². The molecule has 4 heteroatoms. The van der Waals surface area contributed by atoms with Crippen LogP contribution in [-0.2, 0) is 4.84 Å². The fourth-order valence-electron chi connectivity index (χ4n) is 1.58. The number of thiocarbonyl (C=S) groups is 1. The molecule has 0 saturated carbocycles. The Morgan fingerprint density at radius 1 is 1.50 bits per heavy atom. The maximum atomic E-state index is 5.26. The van der Waals surface area contributed by atoms with Gasteiger partial charge in [0.15, 0.2) is 6.10 Å². The highest BCUT2D eigenvalue weighted by molar-refractivity contribution is 7.78. The van der Waals surface area contributed by atoms with Crippen LogP contribution in [0.15, 0.2) is 34.4 Å². The van der Waals surface area contributed by atoms with E-state index in [2.05, 4.69) is 58.7 Å². The van der Waals surface area contributed by atoms with Gasteiger partial charge in [-0.15, -0.1) is 0 Å². The van der Waals surface area contributed by atoms with Gasteiger partial charge < -0.3 is 4.84 Å². The Hall–Kier alpha value is -1.51. The molecule has 16 heavy (non-hydrogen) atoms. The summed E-state index contributed by atoms with van der Waals surface area (Å²) >= 11 is 4.51. The second-order valence-corrected chi connectivity index (χ2v) is 3.95. The molecule has 1 aromatic rings. The number of rotatable bonds is 3. The predicted octanol–water partition coefficient (Wildman–Crippen LogP) is 2.59. The Morgan fingerprint density at radius 2 is 2.25 bits per heavy atom. The molecular weight excluding hydrogens is 220 g/mol. The lowest BCUT2D eigenvalue weighted by Gasteiger charge is -2.02. The second-order valence-electron chi connectivity index (χ2n) is 3.77. The van der Waals surface area contributed by atoms with Gasteiger partial charge in [0.1, 0.15) is 0 Å². The normalized spacial score (nSPS) is 18.6. The van der Waals surface area contributed by atoms with Crippen LogP contribution >= 0.6 is 12.2 Å². The zero-order valence-corrected chi connectivity index (χ0v) is 9.83. The lowest BCUT2D eigenvalue weighted by molar-refractivity contribution is 0.0924. The lowest BCUT2D eigenvalue weighted by atomic mass is 10.0. The van der Waals surface area contributed by atoms with E-state index < -0.39 is 0 Å². The van der Waals surface area contributed by atoms with Crippen LogP contribution in [0.1, 0.15) is 17.5 Å². The van der Waals surface area contributed by atoms with E-state index in [0.29, 0.717) is 6.54 Å². The van der Waals surface area contributed by atoms with E-state index in [1.807, 2.05) is 0 Å². The van der Waals surface area contributed by atoms with Crippen molar-refractivity contribution in [3.05, 3.63) is 35.4 Å². The Kier molecular flexibility index (Phi) is 3.44. The summed E-state index contributed by atoms with van der Waals surface area (Å²) in [7, 11) is 0. The highest BCUT2D eigenvalue weighted by Gasteiger charge is 2.21. The van der Waals surface area contributed by atoms with E-state index in [-0.39, 0.29) is 6.10 Å². The lowest BCUT2D eigenvalue weighted by Crippen LogP contribution is -2.11. The average molecular weight is 232 g/mol. The standard InChI is InChI=1S/C12H12N2OS/c1-9-2-4-10(5-3-9)12-6-11(15-14-12)7-13-8-16/h2-5,11H,6-7H2,1H3. The summed E-state index contributed by atoms with van der Waals surface area (Å²) in [6.07, 6.45) is 0.788. The van der Waals surface area contributed by atoms with E-state index >= 15 is 0 Å². The van der Waals surface area contributed by atoms with Crippen LogP contribution in [0.3, 0.4) is 0 Å². The average Bonchev–Trinajstić information content (AvgIpc) is 2.76. The van der Waals surface area contributed by atoms with Gasteiger partial charge in [0.05, 0.1) is 17.4 Å². The molecule has 0 bridgehead atoms. The highest BCUT2D eigenvalue weighted by atomic mass is 32.1. The van der Waals surface area contributed by atoms with Crippen molar-refractivity contribution in [2.24, 2.45) is 10.1 Å². The molecule has 1 atom stereocenters. The van der Waals surface area contributed by atoms with Gasteiger partial charge in [0.2, 0.25) is 0 Å². The van der Waals surface area contributed by atoms with Gasteiger partial charge in [-0.2, -0.15) is 0 Å². The second kappa shape index (κ2) is 5.01. The van der Waals surface area contributed by atoms with E-state index in [4.69, 9.17) is 4.84 Å². The Balaban J connectivity index is 2.02. The van der Waals surface area contributed by atoms with Crippen LogP contribution in [0.4, 0.5) is 0 Å². The molecule has 1 unspecified atom stereocenters. The van der Waals surface area contributed by atoms with Gasteiger partial charge in [-0.1, -0.05) is 35.0 Å². The Labute approximate surface area is 99.8 Å². The number of aliphatic imine (C=N–C) groups is 1. The summed E-state index contributed by atoms with van der Waals surface area (Å²) in [5, 5.41) is 6.40. The highest BCUT2D eigenvalue weighted by Crippen LogP contribution is 2.17. The zero-order valence-electron chi connectivity index (χ0n) is 9.01. The van der Waals surface area contributed by atoms with Crippen molar-refractivity contribution in [2.75, 3.05) is 6.54 Å². The third-order valence-electron chi connectivity index (χ3n) is 2.48. The van der Waals surface area contributed by atoms with E-state index in [1.165, 1.54) is 5.56 Å². The minimum Gasteiger partial charge on any atom is -0.390 e. The van der Waals surface area contributed by atoms with Crippen molar-refractivity contribution in [3.8, 4) is 0 Å². The number of isothiocyanates is 1. The van der Waals surface area contributed by atoms with Crippen LogP contribution in [0, 0.1) is 6.92 Å². The molecule has 0 aliphatic carbocycles. The fraction of sp³-hybridized carbons (Fsp3) is 0.333. The SMILES string of the molecule is Cc1ccc(C2=NOC(CN=C=S)C2)cc1. The van der Waals surface area contributed by atoms with E-state index in [9.17, 15) is 0 Å². The van der Waals surface area contributed by atoms with Crippen molar-refractivity contribution in [1.29, 1.82) is 0 Å². The Bertz CT molecular complexity index is 447. The van der Waals surface area contributed by atoms with Crippen molar-refractivity contribution in [2.45, 2.75) is 19.4 Å². The first-order valence-electron chi connectivity index (χ1n) is 5.13. The minimum absolute atomic E-state index is 0.00625. The maximum Gasteiger partial charge on any atom is 0.153 e. The smallest absolute Gasteiger partial charge is 0.153 e. The molecule has 2 rings (SSSR count). The molecule has 0 aromatic heterocycles. The summed E-state index contributed by atoms with van der Waals surface area (Å²) in [5.41, 5.74) is 3.33. The number of benzene rings is 1. The molecule has 0 radical (unpaired) electrons. The quantitative estimate of drug-likeness (QED) is 0.593. The van der Waals surface area contributed by atoms with Crippen LogP contribution in [0.5, 0.6) is 0 Å². The van der Waals surface area contributed by atoms with Gasteiger partial charge in [-0.25, -0.2) is 4.99 Å². The molecule has 1 aliphatic heterocycles. The zero-order chi connectivity index (χ0) is 11.4. The number of aryl methyl sites for hydroxylation is 1. The number of hydrogen-bond acceptors (Lipinski definition) is 4. The molecule has 0 N–H and O–H groups in total. The summed E-state index contributed by atoms with van der Waals surface area (Å²) < 4.78 is 0. The van der Waals surface area contributed by atoms with Gasteiger partial charge in [-0.3, -0.25) is 0 Å². The third kappa shape index (κ3) is 2.54. The van der Waals surface area contributed by atoms with Crippen molar-refractivity contribution in [3.63, 3.8) is 0 Å². The monoisotopic (exact) mass is 232 g/mol. The van der Waals surface area contributed by atoms with Gasteiger partial charge >= 0.3 is 0 Å². The Morgan fingerprint density at radius 3 is 2.94 bits per heavy atom. The first-order chi connectivity index (χ1) is 7.79. The number of hydrogen-bond donors (Lipinski definition) is 0. The summed E-state index contributed by atoms with van der Waals surface area (Å²) in [5.74, 6) is 0. The van der Waals surface area contributed by atoms with Crippen LogP contribution in [0.2, 0.25) is 0 Å². The van der Waals surface area contributed by atoms with E-state index in [0.717, 1.165) is 17.7 Å². The maximum absolute atomic E-state index is 5.26. The van der Waals surface area contributed by atoms with Crippen LogP contribution in [0.25, 0.3) is 0 Å². The largest absolute Gasteiger partial charge is 0.390 e. The molecule has 1 aliphatic rings. The fourth-order valence-corrected chi connectivity index (χ4v) is 1.66. The summed E-state index contributed by atoms with van der Waals surface area (Å²) in [6, 6.07) is 8.26. The molecule has 1 aromatic carbocycles. The molecule has 0 saturated heterocycles. The summed E-state index contributed by atoms with van der Waals surface area (Å²) in [6.45, 7) is 2.59. The van der Waals surface area contributed by atoms with E-state index in [1.54, 1.807) is 0 Å². The molecule has 82 valence electrons. The summed E-state index contributed by atoms with van der Waals surface area (Å²) in [4.78, 5) is 9.12. The molecule has 1 heterocycles. The molecule has 3 nitrogen and oxygen atoms in total.